The van der Waals surface area contributed by atoms with Crippen LogP contribution in [0.4, 0.5) is 10.1 Å². The summed E-state index contributed by atoms with van der Waals surface area (Å²) in [4.78, 5) is 0. The molecule has 1 heterocycles. The lowest BCUT2D eigenvalue weighted by Gasteiger charge is -2.38. The first-order valence-corrected chi connectivity index (χ1v) is 7.92. The zero-order valence-electron chi connectivity index (χ0n) is 11.3. The number of hydrogen-bond donors (Lipinski definition) is 1. The van der Waals surface area contributed by atoms with Crippen LogP contribution in [0.1, 0.15) is 38.5 Å². The standard InChI is InChI=1S/C15H19BrFNO2/c16-12-7-10(17)8-13(18)14(12)20-11-3-6-19-15(9-11)4-1-2-5-15/h7-8,11H,1-6,9,18H2. The van der Waals surface area contributed by atoms with Gasteiger partial charge < -0.3 is 15.2 Å². The molecule has 5 heteroatoms. The van der Waals surface area contributed by atoms with Crippen molar-refractivity contribution in [1.29, 1.82) is 0 Å². The van der Waals surface area contributed by atoms with Crippen LogP contribution in [-0.2, 0) is 4.74 Å². The van der Waals surface area contributed by atoms with E-state index in [1.807, 2.05) is 0 Å². The molecule has 2 fully saturated rings. The summed E-state index contributed by atoms with van der Waals surface area (Å²) in [7, 11) is 0. The van der Waals surface area contributed by atoms with E-state index in [0.29, 0.717) is 15.9 Å². The Morgan fingerprint density at radius 3 is 2.80 bits per heavy atom. The maximum atomic E-state index is 13.2. The highest BCUT2D eigenvalue weighted by Crippen LogP contribution is 2.42. The predicted octanol–water partition coefficient (Wildman–Crippen LogP) is 4.04. The smallest absolute Gasteiger partial charge is 0.156 e. The van der Waals surface area contributed by atoms with E-state index < -0.39 is 0 Å². The Balaban J connectivity index is 1.74. The van der Waals surface area contributed by atoms with Crippen molar-refractivity contribution < 1.29 is 13.9 Å². The van der Waals surface area contributed by atoms with E-state index in [9.17, 15) is 4.39 Å². The molecule has 3 rings (SSSR count). The lowest BCUT2D eigenvalue weighted by Crippen LogP contribution is -2.41. The molecule has 1 aromatic carbocycles. The third-order valence-corrected chi connectivity index (χ3v) is 4.87. The van der Waals surface area contributed by atoms with Gasteiger partial charge in [0.1, 0.15) is 11.9 Å². The summed E-state index contributed by atoms with van der Waals surface area (Å²) in [5.74, 6) is 0.187. The fraction of sp³-hybridized carbons (Fsp3) is 0.600. The van der Waals surface area contributed by atoms with Crippen LogP contribution in [0.5, 0.6) is 5.75 Å². The minimum Gasteiger partial charge on any atom is -0.487 e. The van der Waals surface area contributed by atoms with Gasteiger partial charge in [-0.05, 0) is 34.8 Å². The minimum atomic E-state index is -0.360. The summed E-state index contributed by atoms with van der Waals surface area (Å²) < 4.78 is 25.8. The van der Waals surface area contributed by atoms with Gasteiger partial charge in [-0.3, -0.25) is 0 Å². The van der Waals surface area contributed by atoms with Crippen molar-refractivity contribution in [3.63, 3.8) is 0 Å². The molecule has 1 aliphatic carbocycles. The van der Waals surface area contributed by atoms with Crippen LogP contribution >= 0.6 is 15.9 Å². The van der Waals surface area contributed by atoms with Crippen molar-refractivity contribution >= 4 is 21.6 Å². The Kier molecular flexibility index (Phi) is 3.91. The number of halogens is 2. The van der Waals surface area contributed by atoms with E-state index in [1.54, 1.807) is 0 Å². The molecule has 0 aromatic heterocycles. The van der Waals surface area contributed by atoms with Gasteiger partial charge in [0.2, 0.25) is 0 Å². The van der Waals surface area contributed by atoms with E-state index in [2.05, 4.69) is 15.9 Å². The molecule has 1 saturated carbocycles. The van der Waals surface area contributed by atoms with E-state index >= 15 is 0 Å². The maximum absolute atomic E-state index is 13.2. The van der Waals surface area contributed by atoms with Crippen LogP contribution < -0.4 is 10.5 Å². The summed E-state index contributed by atoms with van der Waals surface area (Å²) in [6.45, 7) is 0.726. The van der Waals surface area contributed by atoms with Gasteiger partial charge in [-0.15, -0.1) is 0 Å². The molecule has 1 atom stereocenters. The van der Waals surface area contributed by atoms with Gasteiger partial charge in [0.15, 0.2) is 5.75 Å². The molecule has 1 aromatic rings. The summed E-state index contributed by atoms with van der Waals surface area (Å²) >= 11 is 3.32. The highest BCUT2D eigenvalue weighted by Gasteiger charge is 2.40. The monoisotopic (exact) mass is 343 g/mol. The predicted molar refractivity (Wildman–Crippen MR) is 79.3 cm³/mol. The molecular formula is C15H19BrFNO2. The first-order chi connectivity index (χ1) is 9.58. The second-order valence-electron chi connectivity index (χ2n) is 5.78. The zero-order chi connectivity index (χ0) is 14.2. The highest BCUT2D eigenvalue weighted by molar-refractivity contribution is 9.10. The van der Waals surface area contributed by atoms with E-state index in [0.717, 1.165) is 32.3 Å². The Morgan fingerprint density at radius 2 is 2.10 bits per heavy atom. The first kappa shape index (κ1) is 14.1. The summed E-state index contributed by atoms with van der Waals surface area (Å²) in [6.07, 6.45) is 6.54. The Labute approximate surface area is 126 Å². The summed E-state index contributed by atoms with van der Waals surface area (Å²) in [5, 5.41) is 0. The molecule has 20 heavy (non-hydrogen) atoms. The topological polar surface area (TPSA) is 44.5 Å². The molecule has 0 bridgehead atoms. The molecule has 1 unspecified atom stereocenters. The van der Waals surface area contributed by atoms with Gasteiger partial charge in [-0.1, -0.05) is 12.8 Å². The SMILES string of the molecule is Nc1cc(F)cc(Br)c1OC1CCOC2(CCCC2)C1. The number of anilines is 1. The lowest BCUT2D eigenvalue weighted by molar-refractivity contribution is -0.108. The van der Waals surface area contributed by atoms with Crippen molar-refractivity contribution in [2.24, 2.45) is 0 Å². The van der Waals surface area contributed by atoms with Crippen LogP contribution in [0.15, 0.2) is 16.6 Å². The molecule has 2 N–H and O–H groups in total. The number of hydrogen-bond acceptors (Lipinski definition) is 3. The normalized spacial score (nSPS) is 25.0. The van der Waals surface area contributed by atoms with Crippen molar-refractivity contribution in [1.82, 2.24) is 0 Å². The molecule has 0 amide bonds. The van der Waals surface area contributed by atoms with E-state index in [-0.39, 0.29) is 17.5 Å². The second-order valence-corrected chi connectivity index (χ2v) is 6.63. The molecule has 0 radical (unpaired) electrons. The first-order valence-electron chi connectivity index (χ1n) is 7.13. The third-order valence-electron chi connectivity index (χ3n) is 4.28. The fourth-order valence-corrected chi connectivity index (χ4v) is 3.86. The number of nitrogen functional groups attached to an aromatic ring is 1. The van der Waals surface area contributed by atoms with Gasteiger partial charge >= 0.3 is 0 Å². The third kappa shape index (κ3) is 2.79. The average Bonchev–Trinajstić information content (AvgIpc) is 2.82. The van der Waals surface area contributed by atoms with Gasteiger partial charge in [0.25, 0.3) is 0 Å². The van der Waals surface area contributed by atoms with Gasteiger partial charge in [-0.25, -0.2) is 4.39 Å². The molecular weight excluding hydrogens is 325 g/mol. The fourth-order valence-electron chi connectivity index (χ4n) is 3.32. The minimum absolute atomic E-state index is 0.00415. The highest BCUT2D eigenvalue weighted by atomic mass is 79.9. The van der Waals surface area contributed by atoms with Gasteiger partial charge in [0.05, 0.1) is 22.4 Å². The van der Waals surface area contributed by atoms with Gasteiger partial charge in [0, 0.05) is 18.9 Å². The van der Waals surface area contributed by atoms with Crippen LogP contribution in [-0.4, -0.2) is 18.3 Å². The van der Waals surface area contributed by atoms with Crippen LogP contribution in [0.2, 0.25) is 0 Å². The number of benzene rings is 1. The van der Waals surface area contributed by atoms with Gasteiger partial charge in [-0.2, -0.15) is 0 Å². The van der Waals surface area contributed by atoms with Crippen LogP contribution in [0.3, 0.4) is 0 Å². The Bertz CT molecular complexity index is 480. The maximum Gasteiger partial charge on any atom is 0.156 e. The Morgan fingerprint density at radius 1 is 1.35 bits per heavy atom. The number of rotatable bonds is 2. The largest absolute Gasteiger partial charge is 0.487 e. The summed E-state index contributed by atoms with van der Waals surface area (Å²) in [5.41, 5.74) is 6.20. The van der Waals surface area contributed by atoms with Crippen LogP contribution in [0.25, 0.3) is 0 Å². The number of ether oxygens (including phenoxy) is 2. The quantitative estimate of drug-likeness (QED) is 0.824. The molecule has 2 aliphatic rings. The van der Waals surface area contributed by atoms with E-state index in [1.165, 1.54) is 25.0 Å². The van der Waals surface area contributed by atoms with E-state index in [4.69, 9.17) is 15.2 Å². The molecule has 3 nitrogen and oxygen atoms in total. The van der Waals surface area contributed by atoms with Crippen molar-refractivity contribution in [2.75, 3.05) is 12.3 Å². The van der Waals surface area contributed by atoms with Crippen molar-refractivity contribution in [3.8, 4) is 5.75 Å². The summed E-state index contributed by atoms with van der Waals surface area (Å²) in [6, 6.07) is 2.68. The molecule has 1 saturated heterocycles. The molecule has 110 valence electrons. The Hall–Kier alpha value is -0.810. The van der Waals surface area contributed by atoms with Crippen molar-refractivity contribution in [2.45, 2.75) is 50.2 Å². The zero-order valence-corrected chi connectivity index (χ0v) is 12.9. The second kappa shape index (κ2) is 5.53. The van der Waals surface area contributed by atoms with Crippen molar-refractivity contribution in [3.05, 3.63) is 22.4 Å². The molecule has 1 aliphatic heterocycles. The molecule has 1 spiro atoms. The van der Waals surface area contributed by atoms with Crippen LogP contribution in [0, 0.1) is 5.82 Å². The number of nitrogens with two attached hydrogens (primary N) is 1. The lowest BCUT2D eigenvalue weighted by atomic mass is 9.90. The average molecular weight is 344 g/mol.